The van der Waals surface area contributed by atoms with Crippen molar-refractivity contribution < 1.29 is 4.74 Å². The third-order valence-corrected chi connectivity index (χ3v) is 8.12. The van der Waals surface area contributed by atoms with Crippen molar-refractivity contribution in [1.29, 1.82) is 0 Å². The molecule has 2 aromatic rings. The number of hydrogen-bond donors (Lipinski definition) is 0. The summed E-state index contributed by atoms with van der Waals surface area (Å²) < 4.78 is 7.18. The molecule has 5 rings (SSSR count). The molecule has 0 bridgehead atoms. The molecule has 0 N–H and O–H groups in total. The summed E-state index contributed by atoms with van der Waals surface area (Å²) in [5.74, 6) is 4.23. The first-order valence-electron chi connectivity index (χ1n) is 10.7. The van der Waals surface area contributed by atoms with Crippen LogP contribution in [0.15, 0.2) is 34.2 Å². The van der Waals surface area contributed by atoms with E-state index in [9.17, 15) is 4.79 Å². The van der Waals surface area contributed by atoms with Gasteiger partial charge in [-0.25, -0.2) is 4.98 Å². The molecule has 1 saturated carbocycles. The van der Waals surface area contributed by atoms with Gasteiger partial charge in [0.1, 0.15) is 5.75 Å². The Bertz CT molecular complexity index is 956. The number of ether oxygens (including phenoxy) is 1. The molecule has 2 aliphatic heterocycles. The van der Waals surface area contributed by atoms with Gasteiger partial charge in [0.05, 0.1) is 7.11 Å². The van der Waals surface area contributed by atoms with Crippen molar-refractivity contribution in [2.24, 2.45) is 11.8 Å². The number of hydrogen-bond acceptors (Lipinski definition) is 5. The van der Waals surface area contributed by atoms with Crippen molar-refractivity contribution >= 4 is 11.8 Å². The molecule has 1 aliphatic carbocycles. The molecule has 3 unspecified atom stereocenters. The van der Waals surface area contributed by atoms with Crippen molar-refractivity contribution in [3.63, 3.8) is 0 Å². The molecule has 2 fully saturated rings. The van der Waals surface area contributed by atoms with Crippen LogP contribution in [0.4, 0.5) is 0 Å². The number of benzene rings is 1. The number of rotatable bonds is 5. The summed E-state index contributed by atoms with van der Waals surface area (Å²) in [7, 11) is 1.72. The smallest absolute Gasteiger partial charge is 0.257 e. The van der Waals surface area contributed by atoms with Gasteiger partial charge in [0.25, 0.3) is 5.56 Å². The Balaban J connectivity index is 1.23. The third-order valence-electron chi connectivity index (χ3n) is 7.05. The van der Waals surface area contributed by atoms with Crippen LogP contribution in [0.25, 0.3) is 0 Å². The standard InChI is InChI=1S/C23H29N3O2S/c1-15-19(22(27)26-9-3-11-29-23(26)24-15)8-10-25-13-17-12-20(21(17)14-25)16-4-6-18(28-2)7-5-16/h4-7,17,20-21H,3,8-14H2,1-2H3. The lowest BCUT2D eigenvalue weighted by molar-refractivity contribution is 0.191. The zero-order valence-electron chi connectivity index (χ0n) is 17.3. The summed E-state index contributed by atoms with van der Waals surface area (Å²) >= 11 is 1.71. The number of thioether (sulfide) groups is 1. The van der Waals surface area contributed by atoms with E-state index in [4.69, 9.17) is 9.72 Å². The van der Waals surface area contributed by atoms with E-state index in [1.165, 1.54) is 18.5 Å². The van der Waals surface area contributed by atoms with Gasteiger partial charge in [-0.2, -0.15) is 0 Å². The highest BCUT2D eigenvalue weighted by atomic mass is 32.2. The molecule has 1 aromatic carbocycles. The number of methoxy groups -OCH3 is 1. The summed E-state index contributed by atoms with van der Waals surface area (Å²) in [5.41, 5.74) is 3.48. The van der Waals surface area contributed by atoms with Gasteiger partial charge in [-0.05, 0) is 61.6 Å². The predicted molar refractivity (Wildman–Crippen MR) is 116 cm³/mol. The largest absolute Gasteiger partial charge is 0.497 e. The highest BCUT2D eigenvalue weighted by Crippen LogP contribution is 2.51. The van der Waals surface area contributed by atoms with Crippen LogP contribution in [-0.2, 0) is 13.0 Å². The Morgan fingerprint density at radius 3 is 2.86 bits per heavy atom. The average molecular weight is 412 g/mol. The zero-order valence-corrected chi connectivity index (χ0v) is 18.1. The Morgan fingerprint density at radius 1 is 1.24 bits per heavy atom. The van der Waals surface area contributed by atoms with Crippen LogP contribution >= 0.6 is 11.8 Å². The topological polar surface area (TPSA) is 47.4 Å². The molecule has 0 amide bonds. The van der Waals surface area contributed by atoms with Crippen LogP contribution in [0.3, 0.4) is 0 Å². The van der Waals surface area contributed by atoms with Crippen LogP contribution in [0.1, 0.15) is 35.6 Å². The molecule has 0 radical (unpaired) electrons. The molecular weight excluding hydrogens is 382 g/mol. The maximum absolute atomic E-state index is 13.0. The number of likely N-dealkylation sites (tertiary alicyclic amines) is 1. The number of aromatic nitrogens is 2. The van der Waals surface area contributed by atoms with E-state index in [0.717, 1.165) is 72.2 Å². The number of aryl methyl sites for hydroxylation is 1. The van der Waals surface area contributed by atoms with Gasteiger partial charge in [0.2, 0.25) is 0 Å². The molecule has 3 aliphatic rings. The van der Waals surface area contributed by atoms with Crippen molar-refractivity contribution in [3.05, 3.63) is 51.4 Å². The first kappa shape index (κ1) is 19.2. The van der Waals surface area contributed by atoms with Gasteiger partial charge in [-0.15, -0.1) is 0 Å². The average Bonchev–Trinajstić information content (AvgIpc) is 3.04. The highest BCUT2D eigenvalue weighted by Gasteiger charge is 2.47. The van der Waals surface area contributed by atoms with E-state index >= 15 is 0 Å². The summed E-state index contributed by atoms with van der Waals surface area (Å²) in [6.45, 7) is 6.10. The van der Waals surface area contributed by atoms with E-state index in [0.29, 0.717) is 5.92 Å². The molecule has 1 aromatic heterocycles. The van der Waals surface area contributed by atoms with Gasteiger partial charge in [0, 0.05) is 43.2 Å². The first-order chi connectivity index (χ1) is 14.1. The second-order valence-corrected chi connectivity index (χ2v) is 9.73. The molecular formula is C23H29N3O2S. The Kier molecular flexibility index (Phi) is 5.16. The molecule has 6 heteroatoms. The fourth-order valence-corrected chi connectivity index (χ4v) is 6.33. The lowest BCUT2D eigenvalue weighted by Gasteiger charge is -2.40. The van der Waals surface area contributed by atoms with E-state index in [2.05, 4.69) is 29.2 Å². The predicted octanol–water partition coefficient (Wildman–Crippen LogP) is 3.33. The lowest BCUT2D eigenvalue weighted by atomic mass is 9.64. The SMILES string of the molecule is COc1ccc(C2CC3CN(CCc4c(C)nc5n(c4=O)CCCS5)CC32)cc1. The Morgan fingerprint density at radius 2 is 2.07 bits per heavy atom. The van der Waals surface area contributed by atoms with E-state index in [1.54, 1.807) is 18.9 Å². The normalized spacial score (nSPS) is 25.9. The molecule has 5 nitrogen and oxygen atoms in total. The van der Waals surface area contributed by atoms with Crippen LogP contribution in [0.5, 0.6) is 5.75 Å². The van der Waals surface area contributed by atoms with Crippen LogP contribution < -0.4 is 10.3 Å². The van der Waals surface area contributed by atoms with Gasteiger partial charge >= 0.3 is 0 Å². The first-order valence-corrected chi connectivity index (χ1v) is 11.7. The van der Waals surface area contributed by atoms with Gasteiger partial charge in [-0.3, -0.25) is 9.36 Å². The van der Waals surface area contributed by atoms with Gasteiger partial charge < -0.3 is 9.64 Å². The van der Waals surface area contributed by atoms with Crippen molar-refractivity contribution in [1.82, 2.24) is 14.5 Å². The van der Waals surface area contributed by atoms with Crippen LogP contribution in [0, 0.1) is 18.8 Å². The van der Waals surface area contributed by atoms with Crippen molar-refractivity contribution in [2.45, 2.75) is 43.8 Å². The fourth-order valence-electron chi connectivity index (χ4n) is 5.34. The van der Waals surface area contributed by atoms with Gasteiger partial charge in [-0.1, -0.05) is 23.9 Å². The lowest BCUT2D eigenvalue weighted by Crippen LogP contribution is -2.33. The van der Waals surface area contributed by atoms with Crippen LogP contribution in [-0.4, -0.2) is 46.9 Å². The molecule has 1 saturated heterocycles. The molecule has 3 atom stereocenters. The maximum atomic E-state index is 13.0. The quantitative estimate of drug-likeness (QED) is 0.707. The number of nitrogens with zero attached hydrogens (tertiary/aromatic N) is 3. The molecule has 0 spiro atoms. The minimum Gasteiger partial charge on any atom is -0.497 e. The monoisotopic (exact) mass is 411 g/mol. The summed E-state index contributed by atoms with van der Waals surface area (Å²) in [6, 6.07) is 8.60. The number of fused-ring (bicyclic) bond motifs is 2. The maximum Gasteiger partial charge on any atom is 0.257 e. The van der Waals surface area contributed by atoms with Crippen molar-refractivity contribution in [3.8, 4) is 5.75 Å². The van der Waals surface area contributed by atoms with E-state index in [-0.39, 0.29) is 5.56 Å². The Hall–Kier alpha value is -1.79. The van der Waals surface area contributed by atoms with Gasteiger partial charge in [0.15, 0.2) is 5.16 Å². The Labute approximate surface area is 176 Å². The fraction of sp³-hybridized carbons (Fsp3) is 0.565. The summed E-state index contributed by atoms with van der Waals surface area (Å²) in [4.78, 5) is 20.2. The van der Waals surface area contributed by atoms with Crippen molar-refractivity contribution in [2.75, 3.05) is 32.5 Å². The molecule has 29 heavy (non-hydrogen) atoms. The minimum atomic E-state index is 0.193. The highest BCUT2D eigenvalue weighted by molar-refractivity contribution is 7.99. The second-order valence-electron chi connectivity index (χ2n) is 8.67. The molecule has 154 valence electrons. The third kappa shape index (κ3) is 3.50. The van der Waals surface area contributed by atoms with Crippen LogP contribution in [0.2, 0.25) is 0 Å². The zero-order chi connectivity index (χ0) is 20.0. The summed E-state index contributed by atoms with van der Waals surface area (Å²) in [6.07, 6.45) is 3.16. The molecule has 3 heterocycles. The summed E-state index contributed by atoms with van der Waals surface area (Å²) in [5, 5.41) is 0.907. The van der Waals surface area contributed by atoms with E-state index in [1.807, 2.05) is 11.5 Å². The van der Waals surface area contributed by atoms with E-state index < -0.39 is 0 Å². The second kappa shape index (κ2) is 7.80. The minimum absolute atomic E-state index is 0.193.